The third kappa shape index (κ3) is 1.22. The normalized spacial score (nSPS) is 19.6. The molecule has 1 unspecified atom stereocenters. The first-order valence-corrected chi connectivity index (χ1v) is 2.79. The number of rotatable bonds is 1. The Balaban J connectivity index is 2.09. The number of esters is 1. The zero-order valence-electron chi connectivity index (χ0n) is 4.89. The van der Waals surface area contributed by atoms with Crippen LogP contribution in [0.15, 0.2) is 0 Å². The molecule has 0 aliphatic heterocycles. The zero-order chi connectivity index (χ0) is 5.98. The Bertz CT molecular complexity index is 94.7. The minimum atomic E-state index is -0.175. The summed E-state index contributed by atoms with van der Waals surface area (Å²) in [6, 6.07) is 0. The summed E-state index contributed by atoms with van der Waals surface area (Å²) in [7, 11) is 0. The van der Waals surface area contributed by atoms with Crippen molar-refractivity contribution >= 4 is 5.97 Å². The number of carbonyl (C=O) groups is 1. The van der Waals surface area contributed by atoms with E-state index in [-0.39, 0.29) is 12.1 Å². The molecule has 1 rings (SSSR count). The Morgan fingerprint density at radius 2 is 2.50 bits per heavy atom. The molecule has 0 heterocycles. The third-order valence-corrected chi connectivity index (χ3v) is 1.20. The Hall–Kier alpha value is -0.530. The number of carbonyl (C=O) groups excluding carboxylic acids is 1. The summed E-state index contributed by atoms with van der Waals surface area (Å²) >= 11 is 0. The molecule has 0 amide bonds. The van der Waals surface area contributed by atoms with Crippen LogP contribution in [0.4, 0.5) is 0 Å². The van der Waals surface area contributed by atoms with Crippen molar-refractivity contribution in [2.45, 2.75) is 25.9 Å². The lowest BCUT2D eigenvalue weighted by molar-refractivity contribution is -0.146. The number of hydrogen-bond acceptors (Lipinski definition) is 2. The fraction of sp³-hybridized carbons (Fsp3) is 0.667. The van der Waals surface area contributed by atoms with Crippen LogP contribution in [-0.4, -0.2) is 12.1 Å². The van der Waals surface area contributed by atoms with Crippen LogP contribution in [0.5, 0.6) is 0 Å². The molecule has 0 aromatic rings. The summed E-state index contributed by atoms with van der Waals surface area (Å²) in [6.45, 7) is 1.44. The van der Waals surface area contributed by atoms with Crippen molar-refractivity contribution in [1.82, 2.24) is 0 Å². The largest absolute Gasteiger partial charge is 0.462 e. The Morgan fingerprint density at radius 3 is 2.62 bits per heavy atom. The average molecular weight is 113 g/mol. The highest BCUT2D eigenvalue weighted by Gasteiger charge is 2.19. The van der Waals surface area contributed by atoms with Crippen LogP contribution in [0, 0.1) is 6.42 Å². The molecule has 8 heavy (non-hydrogen) atoms. The van der Waals surface area contributed by atoms with E-state index in [1.165, 1.54) is 6.92 Å². The van der Waals surface area contributed by atoms with Gasteiger partial charge in [0, 0.05) is 13.3 Å². The van der Waals surface area contributed by atoms with Crippen LogP contribution in [0.3, 0.4) is 0 Å². The van der Waals surface area contributed by atoms with Gasteiger partial charge in [-0.3, -0.25) is 4.79 Å². The maximum Gasteiger partial charge on any atom is 0.302 e. The van der Waals surface area contributed by atoms with Gasteiger partial charge in [-0.25, -0.2) is 0 Å². The molecular formula is C6H9O2. The average Bonchev–Trinajstić information content (AvgIpc) is 1.55. The van der Waals surface area contributed by atoms with Gasteiger partial charge in [0.25, 0.3) is 0 Å². The van der Waals surface area contributed by atoms with Crippen molar-refractivity contribution in [2.75, 3.05) is 0 Å². The molecule has 0 aromatic carbocycles. The fourth-order valence-electron chi connectivity index (χ4n) is 0.623. The van der Waals surface area contributed by atoms with Gasteiger partial charge in [0.1, 0.15) is 6.10 Å². The van der Waals surface area contributed by atoms with E-state index >= 15 is 0 Å². The predicted octanol–water partition coefficient (Wildman–Crippen LogP) is 0.916. The molecule has 2 heteroatoms. The first-order valence-electron chi connectivity index (χ1n) is 2.79. The number of hydrogen-bond donors (Lipinski definition) is 0. The van der Waals surface area contributed by atoms with Crippen molar-refractivity contribution in [1.29, 1.82) is 0 Å². The van der Waals surface area contributed by atoms with Crippen molar-refractivity contribution in [3.63, 3.8) is 0 Å². The van der Waals surface area contributed by atoms with Crippen LogP contribution in [-0.2, 0) is 9.53 Å². The van der Waals surface area contributed by atoms with Gasteiger partial charge in [-0.05, 0) is 12.8 Å². The van der Waals surface area contributed by atoms with E-state index in [0.717, 1.165) is 12.8 Å². The van der Waals surface area contributed by atoms with Crippen molar-refractivity contribution in [3.8, 4) is 0 Å². The van der Waals surface area contributed by atoms with Gasteiger partial charge in [0.05, 0.1) is 0 Å². The molecule has 1 aliphatic carbocycles. The van der Waals surface area contributed by atoms with Gasteiger partial charge < -0.3 is 4.74 Å². The Labute approximate surface area is 48.8 Å². The van der Waals surface area contributed by atoms with Crippen molar-refractivity contribution in [3.05, 3.63) is 6.42 Å². The van der Waals surface area contributed by atoms with E-state index in [1.54, 1.807) is 0 Å². The topological polar surface area (TPSA) is 26.3 Å². The van der Waals surface area contributed by atoms with Crippen molar-refractivity contribution < 1.29 is 9.53 Å². The molecule has 1 aliphatic rings. The monoisotopic (exact) mass is 113 g/mol. The van der Waals surface area contributed by atoms with Gasteiger partial charge in [-0.15, -0.1) is 0 Å². The lowest BCUT2D eigenvalue weighted by Crippen LogP contribution is -2.24. The van der Waals surface area contributed by atoms with E-state index in [9.17, 15) is 4.79 Å². The molecule has 45 valence electrons. The first kappa shape index (κ1) is 5.60. The minimum Gasteiger partial charge on any atom is -0.462 e. The molecule has 1 fully saturated rings. The summed E-state index contributed by atoms with van der Waals surface area (Å²) < 4.78 is 4.79. The molecule has 2 nitrogen and oxygen atoms in total. The molecule has 1 saturated carbocycles. The van der Waals surface area contributed by atoms with Gasteiger partial charge in [-0.2, -0.15) is 0 Å². The van der Waals surface area contributed by atoms with Gasteiger partial charge in [0.15, 0.2) is 0 Å². The minimum absolute atomic E-state index is 0.132. The molecule has 0 aromatic heterocycles. The molecule has 1 radical (unpaired) electrons. The third-order valence-electron chi connectivity index (χ3n) is 1.20. The second-order valence-electron chi connectivity index (χ2n) is 1.96. The van der Waals surface area contributed by atoms with E-state index in [2.05, 4.69) is 0 Å². The maximum absolute atomic E-state index is 10.2. The fourth-order valence-corrected chi connectivity index (χ4v) is 0.623. The summed E-state index contributed by atoms with van der Waals surface area (Å²) in [6.07, 6.45) is 4.24. The predicted molar refractivity (Wildman–Crippen MR) is 29.1 cm³/mol. The first-order chi connectivity index (χ1) is 3.79. The van der Waals surface area contributed by atoms with Crippen molar-refractivity contribution in [2.24, 2.45) is 0 Å². The zero-order valence-corrected chi connectivity index (χ0v) is 4.89. The molecule has 0 bridgehead atoms. The summed E-state index contributed by atoms with van der Waals surface area (Å²) in [5.41, 5.74) is 0. The van der Waals surface area contributed by atoms with Crippen LogP contribution in [0.1, 0.15) is 19.8 Å². The summed E-state index contributed by atoms with van der Waals surface area (Å²) in [5, 5.41) is 0. The highest BCUT2D eigenvalue weighted by molar-refractivity contribution is 5.66. The van der Waals surface area contributed by atoms with Gasteiger partial charge in [0.2, 0.25) is 0 Å². The molecule has 0 saturated heterocycles. The molecule has 0 N–H and O–H groups in total. The summed E-state index contributed by atoms with van der Waals surface area (Å²) in [4.78, 5) is 10.2. The SMILES string of the molecule is CC(=O)OC1[CH]CC1. The Morgan fingerprint density at radius 1 is 1.88 bits per heavy atom. The van der Waals surface area contributed by atoms with E-state index < -0.39 is 0 Å². The van der Waals surface area contributed by atoms with E-state index in [1.807, 2.05) is 6.42 Å². The van der Waals surface area contributed by atoms with Crippen LogP contribution in [0.25, 0.3) is 0 Å². The lowest BCUT2D eigenvalue weighted by atomic mass is 9.96. The highest BCUT2D eigenvalue weighted by atomic mass is 16.5. The van der Waals surface area contributed by atoms with Gasteiger partial charge in [-0.1, -0.05) is 0 Å². The van der Waals surface area contributed by atoms with E-state index in [0.29, 0.717) is 0 Å². The lowest BCUT2D eigenvalue weighted by Gasteiger charge is -2.23. The molecule has 0 spiro atoms. The van der Waals surface area contributed by atoms with Crippen LogP contribution < -0.4 is 0 Å². The maximum atomic E-state index is 10.2. The quantitative estimate of drug-likeness (QED) is 0.472. The number of ether oxygens (including phenoxy) is 1. The van der Waals surface area contributed by atoms with Gasteiger partial charge >= 0.3 is 5.97 Å². The second-order valence-corrected chi connectivity index (χ2v) is 1.96. The smallest absolute Gasteiger partial charge is 0.302 e. The second kappa shape index (κ2) is 2.16. The van der Waals surface area contributed by atoms with Crippen LogP contribution in [0.2, 0.25) is 0 Å². The van der Waals surface area contributed by atoms with Crippen LogP contribution >= 0.6 is 0 Å². The summed E-state index contributed by atoms with van der Waals surface area (Å²) in [5.74, 6) is -0.175. The Kier molecular flexibility index (Phi) is 1.51. The van der Waals surface area contributed by atoms with E-state index in [4.69, 9.17) is 4.74 Å². The molecule has 1 atom stereocenters. The standard InChI is InChI=1S/C6H9O2/c1-5(7)8-6-3-2-4-6/h3,6H,2,4H2,1H3. The highest BCUT2D eigenvalue weighted by Crippen LogP contribution is 2.20. The molecular weight excluding hydrogens is 104 g/mol.